The van der Waals surface area contributed by atoms with Gasteiger partial charge in [0, 0.05) is 10.7 Å². The molecule has 0 amide bonds. The van der Waals surface area contributed by atoms with E-state index >= 15 is 0 Å². The number of sulfonamides is 1. The van der Waals surface area contributed by atoms with Gasteiger partial charge in [-0.25, -0.2) is 4.79 Å². The number of H-pyrrole nitrogens is 1. The highest BCUT2D eigenvalue weighted by atomic mass is 35.5. The van der Waals surface area contributed by atoms with Crippen LogP contribution in [-0.2, 0) is 14.8 Å². The zero-order valence-corrected chi connectivity index (χ0v) is 14.4. The molecule has 0 bridgehead atoms. The van der Waals surface area contributed by atoms with Crippen molar-refractivity contribution in [2.75, 3.05) is 11.3 Å². The second-order valence-corrected chi connectivity index (χ2v) is 6.82. The Morgan fingerprint density at radius 2 is 2.09 bits per heavy atom. The second-order valence-electron chi connectivity index (χ2n) is 4.82. The highest BCUT2D eigenvalue weighted by Crippen LogP contribution is 2.24. The van der Waals surface area contributed by atoms with Gasteiger partial charge in [-0.15, -0.1) is 0 Å². The minimum Gasteiger partial charge on any atom is -0.462 e. The van der Waals surface area contributed by atoms with Crippen molar-refractivity contribution in [2.45, 2.75) is 25.8 Å². The summed E-state index contributed by atoms with van der Waals surface area (Å²) in [5.41, 5.74) is 1.29. The van der Waals surface area contributed by atoms with Crippen LogP contribution in [0.25, 0.3) is 0 Å². The van der Waals surface area contributed by atoms with E-state index in [4.69, 9.17) is 16.3 Å². The number of rotatable bonds is 5. The summed E-state index contributed by atoms with van der Waals surface area (Å²) in [6, 6.07) is 4.74. The van der Waals surface area contributed by atoms with Crippen LogP contribution in [-0.4, -0.2) is 31.2 Å². The van der Waals surface area contributed by atoms with Gasteiger partial charge in [-0.1, -0.05) is 17.7 Å². The summed E-state index contributed by atoms with van der Waals surface area (Å²) in [5.74, 6) is -0.749. The van der Waals surface area contributed by atoms with E-state index in [0.29, 0.717) is 10.7 Å². The van der Waals surface area contributed by atoms with Crippen LogP contribution in [0.1, 0.15) is 28.5 Å². The van der Waals surface area contributed by atoms with Crippen LogP contribution in [0.15, 0.2) is 23.2 Å². The number of carbonyl (C=O) groups excluding carboxylic acids is 1. The molecule has 7 nitrogen and oxygen atoms in total. The number of carbonyl (C=O) groups is 1. The SMILES string of the molecule is CCOC(=O)c1c(S(=O)(=O)Nc2ccc(C)c(Cl)c2)n[nH]c1C. The number of hydrogen-bond acceptors (Lipinski definition) is 5. The van der Waals surface area contributed by atoms with Gasteiger partial charge < -0.3 is 4.74 Å². The number of halogens is 1. The van der Waals surface area contributed by atoms with Crippen molar-refractivity contribution >= 4 is 33.3 Å². The van der Waals surface area contributed by atoms with Crippen molar-refractivity contribution in [2.24, 2.45) is 0 Å². The normalized spacial score (nSPS) is 11.3. The fourth-order valence-corrected chi connectivity index (χ4v) is 3.29. The largest absolute Gasteiger partial charge is 0.462 e. The molecule has 0 fully saturated rings. The highest BCUT2D eigenvalue weighted by molar-refractivity contribution is 7.92. The van der Waals surface area contributed by atoms with Gasteiger partial charge in [-0.05, 0) is 38.5 Å². The molecule has 0 aliphatic rings. The standard InChI is InChI=1S/C14H16ClN3O4S/c1-4-22-14(19)12-9(3)16-17-13(12)23(20,21)18-10-6-5-8(2)11(15)7-10/h5-7,18H,4H2,1-3H3,(H,16,17). The fourth-order valence-electron chi connectivity index (χ4n) is 1.90. The molecule has 0 atom stereocenters. The first-order chi connectivity index (χ1) is 10.8. The molecule has 0 unspecified atom stereocenters. The van der Waals surface area contributed by atoms with Gasteiger partial charge >= 0.3 is 5.97 Å². The lowest BCUT2D eigenvalue weighted by atomic mass is 10.2. The van der Waals surface area contributed by atoms with Gasteiger partial charge in [0.1, 0.15) is 5.56 Å². The first-order valence-corrected chi connectivity index (χ1v) is 8.63. The van der Waals surface area contributed by atoms with E-state index in [1.54, 1.807) is 32.9 Å². The molecule has 0 aliphatic carbocycles. The first kappa shape index (κ1) is 17.3. The molecule has 23 heavy (non-hydrogen) atoms. The number of anilines is 1. The van der Waals surface area contributed by atoms with Crippen molar-refractivity contribution in [3.05, 3.63) is 40.0 Å². The third-order valence-corrected chi connectivity index (χ3v) is 4.79. The van der Waals surface area contributed by atoms with Gasteiger partial charge in [0.25, 0.3) is 10.0 Å². The summed E-state index contributed by atoms with van der Waals surface area (Å²) in [7, 11) is -4.07. The molecule has 2 rings (SSSR count). The molecule has 0 saturated heterocycles. The van der Waals surface area contributed by atoms with Crippen LogP contribution < -0.4 is 4.72 Å². The van der Waals surface area contributed by atoms with E-state index in [0.717, 1.165) is 5.56 Å². The molecule has 2 N–H and O–H groups in total. The van der Waals surface area contributed by atoms with Gasteiger partial charge in [-0.2, -0.15) is 13.5 Å². The van der Waals surface area contributed by atoms with Gasteiger partial charge in [0.15, 0.2) is 0 Å². The lowest BCUT2D eigenvalue weighted by molar-refractivity contribution is 0.0521. The molecular formula is C14H16ClN3O4S. The molecule has 0 saturated carbocycles. The lowest BCUT2D eigenvalue weighted by Gasteiger charge is -2.09. The Labute approximate surface area is 139 Å². The number of nitrogens with one attached hydrogen (secondary N) is 2. The Morgan fingerprint density at radius 1 is 1.39 bits per heavy atom. The van der Waals surface area contributed by atoms with Crippen LogP contribution in [0.5, 0.6) is 0 Å². The minimum absolute atomic E-state index is 0.113. The molecule has 1 aromatic carbocycles. The molecule has 9 heteroatoms. The molecule has 2 aromatic rings. The molecule has 124 valence electrons. The van der Waals surface area contributed by atoms with Gasteiger partial charge in [0.05, 0.1) is 12.3 Å². The molecule has 0 aliphatic heterocycles. The number of aromatic nitrogens is 2. The van der Waals surface area contributed by atoms with E-state index in [-0.39, 0.29) is 17.9 Å². The summed E-state index contributed by atoms with van der Waals surface area (Å²) in [4.78, 5) is 11.9. The van der Waals surface area contributed by atoms with Gasteiger partial charge in [0.2, 0.25) is 5.03 Å². The van der Waals surface area contributed by atoms with Crippen molar-refractivity contribution in [1.29, 1.82) is 0 Å². The predicted molar refractivity (Wildman–Crippen MR) is 86.3 cm³/mol. The van der Waals surface area contributed by atoms with Crippen LogP contribution in [0, 0.1) is 13.8 Å². The van der Waals surface area contributed by atoms with E-state index in [1.165, 1.54) is 6.07 Å². The Morgan fingerprint density at radius 3 is 2.70 bits per heavy atom. The number of aryl methyl sites for hydroxylation is 2. The minimum atomic E-state index is -4.07. The van der Waals surface area contributed by atoms with Crippen molar-refractivity contribution in [3.8, 4) is 0 Å². The second kappa shape index (κ2) is 6.59. The third kappa shape index (κ3) is 3.65. The zero-order chi connectivity index (χ0) is 17.2. The maximum Gasteiger partial charge on any atom is 0.343 e. The van der Waals surface area contributed by atoms with Crippen LogP contribution in [0.4, 0.5) is 5.69 Å². The molecule has 1 aromatic heterocycles. The summed E-state index contributed by atoms with van der Waals surface area (Å²) >= 11 is 5.99. The lowest BCUT2D eigenvalue weighted by Crippen LogP contribution is -2.18. The van der Waals surface area contributed by atoms with E-state index in [1.807, 2.05) is 0 Å². The maximum absolute atomic E-state index is 12.5. The Bertz CT molecular complexity index is 846. The summed E-state index contributed by atoms with van der Waals surface area (Å²) in [6.45, 7) is 5.11. The highest BCUT2D eigenvalue weighted by Gasteiger charge is 2.29. The number of hydrogen-bond donors (Lipinski definition) is 2. The first-order valence-electron chi connectivity index (χ1n) is 6.77. The average Bonchev–Trinajstić information content (AvgIpc) is 2.85. The van der Waals surface area contributed by atoms with Gasteiger partial charge in [-0.3, -0.25) is 9.82 Å². The molecule has 1 heterocycles. The zero-order valence-electron chi connectivity index (χ0n) is 12.8. The summed E-state index contributed by atoms with van der Waals surface area (Å²) in [6.07, 6.45) is 0. The van der Waals surface area contributed by atoms with E-state index in [2.05, 4.69) is 14.9 Å². The molecule has 0 radical (unpaired) electrons. The number of aromatic amines is 1. The van der Waals surface area contributed by atoms with Crippen LogP contribution >= 0.6 is 11.6 Å². The smallest absolute Gasteiger partial charge is 0.343 e. The van der Waals surface area contributed by atoms with Crippen LogP contribution in [0.2, 0.25) is 5.02 Å². The molecular weight excluding hydrogens is 342 g/mol. The average molecular weight is 358 g/mol. The molecule has 0 spiro atoms. The third-order valence-electron chi connectivity index (χ3n) is 3.07. The number of nitrogens with zero attached hydrogens (tertiary/aromatic N) is 1. The maximum atomic E-state index is 12.5. The Kier molecular flexibility index (Phi) is 4.96. The summed E-state index contributed by atoms with van der Waals surface area (Å²) in [5, 5.41) is 6.22. The van der Waals surface area contributed by atoms with E-state index in [9.17, 15) is 13.2 Å². The fraction of sp³-hybridized carbons (Fsp3) is 0.286. The number of benzene rings is 1. The Hall–Kier alpha value is -2.06. The van der Waals surface area contributed by atoms with Crippen molar-refractivity contribution < 1.29 is 17.9 Å². The quantitative estimate of drug-likeness (QED) is 0.801. The summed E-state index contributed by atoms with van der Waals surface area (Å²) < 4.78 is 32.2. The van der Waals surface area contributed by atoms with Crippen molar-refractivity contribution in [1.82, 2.24) is 10.2 Å². The number of ether oxygens (including phenoxy) is 1. The topological polar surface area (TPSA) is 101 Å². The monoisotopic (exact) mass is 357 g/mol. The Balaban J connectivity index is 2.40. The van der Waals surface area contributed by atoms with E-state index < -0.39 is 21.0 Å². The number of esters is 1. The predicted octanol–water partition coefficient (Wildman–Crippen LogP) is 2.66. The van der Waals surface area contributed by atoms with Crippen molar-refractivity contribution in [3.63, 3.8) is 0 Å². The van der Waals surface area contributed by atoms with Crippen LogP contribution in [0.3, 0.4) is 0 Å².